The molecule has 0 aromatic heterocycles. The van der Waals surface area contributed by atoms with Crippen LogP contribution >= 0.6 is 11.6 Å². The van der Waals surface area contributed by atoms with Gasteiger partial charge in [0.05, 0.1) is 12.6 Å². The van der Waals surface area contributed by atoms with Crippen LogP contribution in [-0.2, 0) is 11.2 Å². The van der Waals surface area contributed by atoms with Crippen LogP contribution in [0.15, 0.2) is 53.5 Å². The van der Waals surface area contributed by atoms with E-state index in [2.05, 4.69) is 34.7 Å². The summed E-state index contributed by atoms with van der Waals surface area (Å²) in [5, 5.41) is 6.65. The van der Waals surface area contributed by atoms with Crippen molar-refractivity contribution in [2.45, 2.75) is 32.3 Å². The highest BCUT2D eigenvalue weighted by Gasteiger charge is 2.16. The van der Waals surface area contributed by atoms with E-state index in [4.69, 9.17) is 16.3 Å². The zero-order valence-electron chi connectivity index (χ0n) is 15.4. The molecule has 2 N–H and O–H groups in total. The maximum atomic E-state index is 12.5. The van der Waals surface area contributed by atoms with Gasteiger partial charge in [0.25, 0.3) is 5.91 Å². The van der Waals surface area contributed by atoms with E-state index in [1.54, 1.807) is 24.3 Å². The van der Waals surface area contributed by atoms with E-state index in [1.807, 2.05) is 12.1 Å². The lowest BCUT2D eigenvalue weighted by Crippen LogP contribution is -2.36. The molecule has 1 amide bonds. The molecule has 0 spiro atoms. The van der Waals surface area contributed by atoms with Gasteiger partial charge >= 0.3 is 0 Å². The SMILES string of the molecule is CCc1ccc(NC(=NC[C@H]2CCCO2)NC(=O)c2ccc(Cl)cc2)cc1. The topological polar surface area (TPSA) is 62.7 Å². The zero-order valence-corrected chi connectivity index (χ0v) is 16.1. The fourth-order valence-corrected chi connectivity index (χ4v) is 2.96. The van der Waals surface area contributed by atoms with Crippen LogP contribution in [0.2, 0.25) is 5.02 Å². The summed E-state index contributed by atoms with van der Waals surface area (Å²) in [6.07, 6.45) is 3.14. The number of anilines is 1. The van der Waals surface area contributed by atoms with Gasteiger partial charge in [0.15, 0.2) is 0 Å². The normalized spacial score (nSPS) is 17.0. The second-order valence-electron chi connectivity index (χ2n) is 6.46. The van der Waals surface area contributed by atoms with Crippen molar-refractivity contribution in [3.8, 4) is 0 Å². The number of benzene rings is 2. The molecule has 27 heavy (non-hydrogen) atoms. The molecule has 2 aromatic carbocycles. The van der Waals surface area contributed by atoms with Crippen molar-refractivity contribution in [2.75, 3.05) is 18.5 Å². The van der Waals surface area contributed by atoms with E-state index < -0.39 is 0 Å². The van der Waals surface area contributed by atoms with E-state index in [-0.39, 0.29) is 12.0 Å². The zero-order chi connectivity index (χ0) is 19.1. The second kappa shape index (κ2) is 9.53. The minimum Gasteiger partial charge on any atom is -0.376 e. The van der Waals surface area contributed by atoms with Crippen LogP contribution in [0.1, 0.15) is 35.7 Å². The Labute approximate surface area is 164 Å². The number of halogens is 1. The van der Waals surface area contributed by atoms with Gasteiger partial charge in [0.1, 0.15) is 0 Å². The molecule has 142 valence electrons. The van der Waals surface area contributed by atoms with Gasteiger partial charge in [0, 0.05) is 22.9 Å². The van der Waals surface area contributed by atoms with Crippen LogP contribution in [0.25, 0.3) is 0 Å². The van der Waals surface area contributed by atoms with Gasteiger partial charge in [-0.05, 0) is 61.2 Å². The average molecular weight is 386 g/mol. The number of carbonyl (C=O) groups excluding carboxylic acids is 1. The van der Waals surface area contributed by atoms with Crippen LogP contribution < -0.4 is 10.6 Å². The first-order valence-electron chi connectivity index (χ1n) is 9.23. The van der Waals surface area contributed by atoms with Gasteiger partial charge in [0.2, 0.25) is 5.96 Å². The molecule has 5 nitrogen and oxygen atoms in total. The number of nitrogens with one attached hydrogen (secondary N) is 2. The van der Waals surface area contributed by atoms with Gasteiger partial charge in [-0.2, -0.15) is 0 Å². The summed E-state index contributed by atoms with van der Waals surface area (Å²) in [4.78, 5) is 17.1. The number of aryl methyl sites for hydroxylation is 1. The quantitative estimate of drug-likeness (QED) is 0.596. The van der Waals surface area contributed by atoms with Crippen molar-refractivity contribution in [2.24, 2.45) is 4.99 Å². The first-order chi connectivity index (χ1) is 13.1. The van der Waals surface area contributed by atoms with Gasteiger partial charge in [-0.15, -0.1) is 0 Å². The van der Waals surface area contributed by atoms with E-state index in [0.29, 0.717) is 23.1 Å². The molecule has 0 radical (unpaired) electrons. The molecule has 1 aliphatic rings. The molecule has 1 saturated heterocycles. The Hall–Kier alpha value is -2.37. The number of nitrogens with zero attached hydrogens (tertiary/aromatic N) is 1. The standard InChI is InChI=1S/C21H24ClN3O2/c1-2-15-5-11-18(12-6-15)24-21(23-14-19-4-3-13-27-19)25-20(26)16-7-9-17(22)10-8-16/h5-12,19H,2-4,13-14H2,1H3,(H2,23,24,25,26)/t19-/m1/s1. The molecule has 1 aliphatic heterocycles. The van der Waals surface area contributed by atoms with Gasteiger partial charge < -0.3 is 10.1 Å². The highest BCUT2D eigenvalue weighted by molar-refractivity contribution is 6.30. The van der Waals surface area contributed by atoms with E-state index in [9.17, 15) is 4.79 Å². The summed E-state index contributed by atoms with van der Waals surface area (Å²) in [6, 6.07) is 14.8. The van der Waals surface area contributed by atoms with Crippen molar-refractivity contribution in [3.63, 3.8) is 0 Å². The summed E-state index contributed by atoms with van der Waals surface area (Å²) in [6.45, 7) is 3.40. The highest BCUT2D eigenvalue weighted by Crippen LogP contribution is 2.14. The predicted octanol–water partition coefficient (Wildman–Crippen LogP) is 4.28. The molecule has 6 heteroatoms. The van der Waals surface area contributed by atoms with Crippen molar-refractivity contribution in [1.82, 2.24) is 5.32 Å². The summed E-state index contributed by atoms with van der Waals surface area (Å²) in [5.74, 6) is 0.171. The maximum absolute atomic E-state index is 12.5. The molecule has 0 unspecified atom stereocenters. The number of ether oxygens (including phenoxy) is 1. The monoisotopic (exact) mass is 385 g/mol. The van der Waals surface area contributed by atoms with Gasteiger partial charge in [-0.25, -0.2) is 4.99 Å². The number of hydrogen-bond acceptors (Lipinski definition) is 3. The Morgan fingerprint density at radius 1 is 1.19 bits per heavy atom. The lowest BCUT2D eigenvalue weighted by molar-refractivity contribution is 0.0975. The highest BCUT2D eigenvalue weighted by atomic mass is 35.5. The smallest absolute Gasteiger partial charge is 0.257 e. The van der Waals surface area contributed by atoms with E-state index in [1.165, 1.54) is 5.56 Å². The van der Waals surface area contributed by atoms with Crippen LogP contribution in [0.5, 0.6) is 0 Å². The van der Waals surface area contributed by atoms with Crippen molar-refractivity contribution in [3.05, 3.63) is 64.7 Å². The average Bonchev–Trinajstić information content (AvgIpc) is 3.21. The molecular weight excluding hydrogens is 362 g/mol. The Balaban J connectivity index is 1.72. The molecule has 0 saturated carbocycles. The molecule has 2 aromatic rings. The van der Waals surface area contributed by atoms with Crippen molar-refractivity contribution >= 4 is 29.2 Å². The van der Waals surface area contributed by atoms with Crippen molar-refractivity contribution < 1.29 is 9.53 Å². The van der Waals surface area contributed by atoms with Crippen LogP contribution in [-0.4, -0.2) is 31.1 Å². The summed E-state index contributed by atoms with van der Waals surface area (Å²) in [5.41, 5.74) is 2.64. The lowest BCUT2D eigenvalue weighted by Gasteiger charge is -2.14. The fraction of sp³-hybridized carbons (Fsp3) is 0.333. The number of amides is 1. The number of carbonyl (C=O) groups is 1. The van der Waals surface area contributed by atoms with E-state index in [0.717, 1.165) is 31.6 Å². The third-order valence-corrected chi connectivity index (χ3v) is 4.69. The summed E-state index contributed by atoms with van der Waals surface area (Å²) in [7, 11) is 0. The van der Waals surface area contributed by atoms with Crippen LogP contribution in [0.3, 0.4) is 0 Å². The van der Waals surface area contributed by atoms with Crippen LogP contribution in [0, 0.1) is 0 Å². The van der Waals surface area contributed by atoms with E-state index >= 15 is 0 Å². The summed E-state index contributed by atoms with van der Waals surface area (Å²) < 4.78 is 5.62. The molecule has 1 fully saturated rings. The minimum atomic E-state index is -0.240. The lowest BCUT2D eigenvalue weighted by atomic mass is 10.1. The van der Waals surface area contributed by atoms with Gasteiger partial charge in [-0.1, -0.05) is 30.7 Å². The number of guanidine groups is 1. The largest absolute Gasteiger partial charge is 0.376 e. The third kappa shape index (κ3) is 5.81. The minimum absolute atomic E-state index is 0.108. The second-order valence-corrected chi connectivity index (χ2v) is 6.90. The molecule has 1 heterocycles. The van der Waals surface area contributed by atoms with Crippen molar-refractivity contribution in [1.29, 1.82) is 0 Å². The first-order valence-corrected chi connectivity index (χ1v) is 9.61. The molecule has 1 atom stereocenters. The predicted molar refractivity (Wildman–Crippen MR) is 110 cm³/mol. The number of aliphatic imine (C=N–C) groups is 1. The molecule has 0 aliphatic carbocycles. The maximum Gasteiger partial charge on any atom is 0.257 e. The molecule has 3 rings (SSSR count). The first kappa shape index (κ1) is 19.4. The number of rotatable bonds is 5. The molecule has 0 bridgehead atoms. The Bertz CT molecular complexity index is 782. The Morgan fingerprint density at radius 3 is 2.56 bits per heavy atom. The third-order valence-electron chi connectivity index (χ3n) is 4.44. The summed E-state index contributed by atoms with van der Waals surface area (Å²) >= 11 is 5.89. The van der Waals surface area contributed by atoms with Crippen LogP contribution in [0.4, 0.5) is 5.69 Å². The number of hydrogen-bond donors (Lipinski definition) is 2. The Kier molecular flexibility index (Phi) is 6.85. The van der Waals surface area contributed by atoms with Gasteiger partial charge in [-0.3, -0.25) is 10.1 Å². The molecular formula is C21H24ClN3O2. The fourth-order valence-electron chi connectivity index (χ4n) is 2.83. The Morgan fingerprint density at radius 2 is 1.93 bits per heavy atom.